The van der Waals surface area contributed by atoms with E-state index in [1.54, 1.807) is 0 Å². The normalized spacial score (nSPS) is 43.8. The first-order chi connectivity index (χ1) is 7.90. The largest absolute Gasteiger partial charge is 0.411 e. The van der Waals surface area contributed by atoms with E-state index in [1.807, 2.05) is 18.2 Å². The summed E-state index contributed by atoms with van der Waals surface area (Å²) < 4.78 is 0. The van der Waals surface area contributed by atoms with E-state index in [9.17, 15) is 5.21 Å². The Balaban J connectivity index is 1.72. The van der Waals surface area contributed by atoms with E-state index < -0.39 is 0 Å². The van der Waals surface area contributed by atoms with E-state index in [0.717, 1.165) is 34.9 Å². The van der Waals surface area contributed by atoms with E-state index >= 15 is 0 Å². The first-order valence-electron chi connectivity index (χ1n) is 6.17. The maximum absolute atomic E-state index is 9.30. The second kappa shape index (κ2) is 2.88. The van der Waals surface area contributed by atoms with Crippen LogP contribution in [0.25, 0.3) is 0 Å². The summed E-state index contributed by atoms with van der Waals surface area (Å²) in [7, 11) is 0. The Labute approximate surface area is 95.0 Å². The molecule has 3 unspecified atom stereocenters. The van der Waals surface area contributed by atoms with Crippen LogP contribution in [0.2, 0.25) is 0 Å². The fourth-order valence-corrected chi connectivity index (χ4v) is 4.41. The zero-order valence-electron chi connectivity index (χ0n) is 9.08. The molecule has 4 saturated carbocycles. The van der Waals surface area contributed by atoms with Crippen LogP contribution >= 0.6 is 0 Å². The molecule has 1 aromatic carbocycles. The van der Waals surface area contributed by atoms with Crippen LogP contribution in [0.3, 0.4) is 0 Å². The van der Waals surface area contributed by atoms with E-state index in [4.69, 9.17) is 0 Å². The lowest BCUT2D eigenvalue weighted by atomic mass is 9.89. The monoisotopic (exact) mass is 213 g/mol. The smallest absolute Gasteiger partial charge is 0.0904 e. The van der Waals surface area contributed by atoms with Gasteiger partial charge in [-0.3, -0.25) is 0 Å². The van der Waals surface area contributed by atoms with Crippen molar-refractivity contribution in [2.75, 3.05) is 0 Å². The van der Waals surface area contributed by atoms with Gasteiger partial charge in [0, 0.05) is 5.92 Å². The average molecular weight is 213 g/mol. The molecule has 4 fully saturated rings. The van der Waals surface area contributed by atoms with Gasteiger partial charge in [0.05, 0.1) is 5.71 Å². The van der Waals surface area contributed by atoms with Crippen LogP contribution in [0.1, 0.15) is 18.4 Å². The predicted molar refractivity (Wildman–Crippen MR) is 61.4 cm³/mol. The first kappa shape index (κ1) is 8.80. The van der Waals surface area contributed by atoms with Crippen LogP contribution in [0, 0.1) is 29.6 Å². The van der Waals surface area contributed by atoms with Gasteiger partial charge in [0.1, 0.15) is 0 Å². The SMILES string of the molecule is ON=C(c1ccccc1)C1C2CC3C(C2)C31. The molecule has 5 rings (SSSR count). The first-order valence-corrected chi connectivity index (χ1v) is 6.17. The summed E-state index contributed by atoms with van der Waals surface area (Å²) >= 11 is 0. The van der Waals surface area contributed by atoms with Gasteiger partial charge in [-0.25, -0.2) is 0 Å². The Kier molecular flexibility index (Phi) is 1.58. The quantitative estimate of drug-likeness (QED) is 0.457. The molecule has 4 bridgehead atoms. The molecule has 0 spiro atoms. The Bertz CT molecular complexity index is 439. The second-order valence-corrected chi connectivity index (χ2v) is 5.51. The van der Waals surface area contributed by atoms with E-state index in [2.05, 4.69) is 17.3 Å². The third-order valence-electron chi connectivity index (χ3n) is 4.96. The van der Waals surface area contributed by atoms with Crippen LogP contribution in [0.5, 0.6) is 0 Å². The van der Waals surface area contributed by atoms with Gasteiger partial charge < -0.3 is 5.21 Å². The molecule has 0 heterocycles. The highest BCUT2D eigenvalue weighted by atomic mass is 16.4. The van der Waals surface area contributed by atoms with Crippen molar-refractivity contribution < 1.29 is 5.21 Å². The molecule has 82 valence electrons. The Morgan fingerprint density at radius 2 is 1.81 bits per heavy atom. The van der Waals surface area contributed by atoms with Gasteiger partial charge in [0.25, 0.3) is 0 Å². The highest BCUT2D eigenvalue weighted by Crippen LogP contribution is 2.73. The maximum atomic E-state index is 9.30. The summed E-state index contributed by atoms with van der Waals surface area (Å²) in [5.41, 5.74) is 2.05. The van der Waals surface area contributed by atoms with Crippen LogP contribution in [-0.4, -0.2) is 10.9 Å². The third-order valence-corrected chi connectivity index (χ3v) is 4.96. The van der Waals surface area contributed by atoms with E-state index in [1.165, 1.54) is 12.8 Å². The maximum Gasteiger partial charge on any atom is 0.0904 e. The lowest BCUT2D eigenvalue weighted by molar-refractivity contribution is 0.312. The average Bonchev–Trinajstić information content (AvgIpc) is 2.76. The number of hydrogen-bond acceptors (Lipinski definition) is 2. The van der Waals surface area contributed by atoms with Gasteiger partial charge >= 0.3 is 0 Å². The Hall–Kier alpha value is -1.31. The molecule has 0 aliphatic heterocycles. The van der Waals surface area contributed by atoms with Crippen LogP contribution < -0.4 is 0 Å². The molecular formula is C14H15NO. The van der Waals surface area contributed by atoms with Gasteiger partial charge in [-0.05, 0) is 42.1 Å². The summed E-state index contributed by atoms with van der Waals surface area (Å²) in [4.78, 5) is 0. The van der Waals surface area contributed by atoms with Crippen molar-refractivity contribution in [3.63, 3.8) is 0 Å². The molecule has 1 N–H and O–H groups in total. The molecule has 2 nitrogen and oxygen atoms in total. The summed E-state index contributed by atoms with van der Waals surface area (Å²) in [5, 5.41) is 12.9. The minimum atomic E-state index is 0.544. The Morgan fingerprint density at radius 1 is 1.12 bits per heavy atom. The number of hydrogen-bond donors (Lipinski definition) is 1. The van der Waals surface area contributed by atoms with Crippen molar-refractivity contribution in [3.05, 3.63) is 35.9 Å². The van der Waals surface area contributed by atoms with E-state index in [0.29, 0.717) is 5.92 Å². The van der Waals surface area contributed by atoms with Crippen molar-refractivity contribution in [2.24, 2.45) is 34.7 Å². The van der Waals surface area contributed by atoms with Crippen LogP contribution in [0.15, 0.2) is 35.5 Å². The summed E-state index contributed by atoms with van der Waals surface area (Å²) in [6.07, 6.45) is 2.76. The highest BCUT2D eigenvalue weighted by Gasteiger charge is 2.69. The summed E-state index contributed by atoms with van der Waals surface area (Å²) in [5.74, 6) is 4.12. The molecule has 3 atom stereocenters. The predicted octanol–water partition coefficient (Wildman–Crippen LogP) is 2.77. The molecule has 1 aromatic rings. The fraction of sp³-hybridized carbons (Fsp3) is 0.500. The zero-order chi connectivity index (χ0) is 10.7. The standard InChI is InChI=1S/C14H15NO/c16-15-14(8-4-2-1-3-5-8)12-9-6-10-11(7-9)13(10)12/h1-5,9-13,16H,6-7H2. The van der Waals surface area contributed by atoms with Gasteiger partial charge in [-0.15, -0.1) is 0 Å². The Morgan fingerprint density at radius 3 is 2.31 bits per heavy atom. The van der Waals surface area contributed by atoms with Gasteiger partial charge in [0.2, 0.25) is 0 Å². The number of rotatable bonds is 2. The van der Waals surface area contributed by atoms with Crippen molar-refractivity contribution >= 4 is 5.71 Å². The molecule has 4 aliphatic carbocycles. The zero-order valence-corrected chi connectivity index (χ0v) is 9.08. The minimum absolute atomic E-state index is 0.544. The molecule has 0 radical (unpaired) electrons. The van der Waals surface area contributed by atoms with Crippen molar-refractivity contribution in [1.29, 1.82) is 0 Å². The van der Waals surface area contributed by atoms with Gasteiger partial charge in [0.15, 0.2) is 0 Å². The molecule has 2 heteroatoms. The van der Waals surface area contributed by atoms with Crippen molar-refractivity contribution in [3.8, 4) is 0 Å². The van der Waals surface area contributed by atoms with Crippen LogP contribution in [-0.2, 0) is 0 Å². The molecule has 0 aromatic heterocycles. The lowest BCUT2D eigenvalue weighted by Gasteiger charge is -2.16. The lowest BCUT2D eigenvalue weighted by Crippen LogP contribution is -2.19. The molecular weight excluding hydrogens is 198 g/mol. The highest BCUT2D eigenvalue weighted by molar-refractivity contribution is 6.03. The number of benzene rings is 1. The molecule has 16 heavy (non-hydrogen) atoms. The second-order valence-electron chi connectivity index (χ2n) is 5.51. The molecule has 0 amide bonds. The minimum Gasteiger partial charge on any atom is -0.411 e. The number of nitrogens with zero attached hydrogens (tertiary/aromatic N) is 1. The molecule has 4 aliphatic rings. The fourth-order valence-electron chi connectivity index (χ4n) is 4.41. The van der Waals surface area contributed by atoms with Crippen LogP contribution in [0.4, 0.5) is 0 Å². The summed E-state index contributed by atoms with van der Waals surface area (Å²) in [6, 6.07) is 10.2. The molecule has 0 saturated heterocycles. The van der Waals surface area contributed by atoms with Crippen molar-refractivity contribution in [2.45, 2.75) is 12.8 Å². The van der Waals surface area contributed by atoms with Gasteiger partial charge in [-0.1, -0.05) is 35.5 Å². The van der Waals surface area contributed by atoms with Gasteiger partial charge in [-0.2, -0.15) is 0 Å². The summed E-state index contributed by atoms with van der Waals surface area (Å²) in [6.45, 7) is 0. The van der Waals surface area contributed by atoms with E-state index in [-0.39, 0.29) is 0 Å². The number of oxime groups is 1. The topological polar surface area (TPSA) is 32.6 Å². The van der Waals surface area contributed by atoms with Crippen molar-refractivity contribution in [1.82, 2.24) is 0 Å². The third kappa shape index (κ3) is 0.952.